The van der Waals surface area contributed by atoms with Gasteiger partial charge in [-0.15, -0.1) is 19.3 Å². The molecule has 0 spiro atoms. The molecule has 0 aliphatic carbocycles. The molecule has 1 fully saturated rings. The van der Waals surface area contributed by atoms with Crippen LogP contribution in [-0.2, 0) is 23.4 Å². The molecule has 1 N–H and O–H groups in total. The summed E-state index contributed by atoms with van der Waals surface area (Å²) in [7, 11) is -2.89. The summed E-state index contributed by atoms with van der Waals surface area (Å²) >= 11 is 0. The van der Waals surface area contributed by atoms with Gasteiger partial charge < -0.3 is 28.5 Å². The fourth-order valence-electron chi connectivity index (χ4n) is 5.00. The molecule has 2 aromatic rings. The first-order chi connectivity index (χ1) is 18.3. The Balaban J connectivity index is 2.02. The van der Waals surface area contributed by atoms with Crippen molar-refractivity contribution >= 4 is 18.7 Å². The molecule has 0 unspecified atom stereocenters. The minimum atomic E-state index is -2.89. The van der Waals surface area contributed by atoms with Crippen LogP contribution in [0.15, 0.2) is 60.7 Å². The van der Waals surface area contributed by atoms with Gasteiger partial charge in [-0.2, -0.15) is 0 Å². The molecule has 6 nitrogen and oxygen atoms in total. The van der Waals surface area contributed by atoms with E-state index in [1.807, 2.05) is 36.4 Å². The summed E-state index contributed by atoms with van der Waals surface area (Å²) in [6, 6.07) is 20.5. The van der Waals surface area contributed by atoms with Gasteiger partial charge >= 0.3 is 0 Å². The fraction of sp³-hybridized carbons (Fsp3) is 0.419. The third kappa shape index (κ3) is 6.56. The van der Waals surface area contributed by atoms with E-state index < -0.39 is 39.0 Å². The van der Waals surface area contributed by atoms with Crippen LogP contribution < -0.4 is 10.4 Å². The SMILES string of the molecule is C#CCO[C@@H]1[C@@H](OCC#C)[C@H](O)O[C@H](CO[Si](c2ccccc2)(c2ccccc2)C(C)(C)C)[C@H]1OCC#C. The van der Waals surface area contributed by atoms with Crippen molar-refractivity contribution in [2.75, 3.05) is 26.4 Å². The van der Waals surface area contributed by atoms with E-state index in [4.69, 9.17) is 42.6 Å². The number of aliphatic hydroxyl groups excluding tert-OH is 1. The van der Waals surface area contributed by atoms with E-state index in [0.29, 0.717) is 0 Å². The van der Waals surface area contributed by atoms with Gasteiger partial charge in [0, 0.05) is 0 Å². The first-order valence-corrected chi connectivity index (χ1v) is 14.4. The number of rotatable bonds is 11. The molecule has 1 saturated heterocycles. The van der Waals surface area contributed by atoms with Crippen LogP contribution in [0.25, 0.3) is 0 Å². The number of ether oxygens (including phenoxy) is 4. The zero-order valence-electron chi connectivity index (χ0n) is 22.2. The van der Waals surface area contributed by atoms with Gasteiger partial charge in [0.15, 0.2) is 6.29 Å². The van der Waals surface area contributed by atoms with Crippen LogP contribution in [0.1, 0.15) is 20.8 Å². The van der Waals surface area contributed by atoms with E-state index in [1.165, 1.54) is 0 Å². The molecule has 0 radical (unpaired) electrons. The minimum Gasteiger partial charge on any atom is -0.405 e. The van der Waals surface area contributed by atoms with Gasteiger partial charge in [-0.1, -0.05) is 99.2 Å². The Morgan fingerprint density at radius 3 is 1.66 bits per heavy atom. The van der Waals surface area contributed by atoms with Gasteiger partial charge in [0.25, 0.3) is 8.32 Å². The molecule has 200 valence electrons. The Kier molecular flexibility index (Phi) is 10.7. The lowest BCUT2D eigenvalue weighted by Crippen LogP contribution is -2.68. The molecule has 0 amide bonds. The second-order valence-corrected chi connectivity index (χ2v) is 14.3. The lowest BCUT2D eigenvalue weighted by molar-refractivity contribution is -0.304. The summed E-state index contributed by atoms with van der Waals surface area (Å²) in [5, 5.41) is 12.9. The average Bonchev–Trinajstić information content (AvgIpc) is 2.91. The molecule has 3 rings (SSSR count). The molecule has 0 aromatic heterocycles. The Hall–Kier alpha value is -2.90. The number of terminal acetylenes is 3. The summed E-state index contributed by atoms with van der Waals surface area (Å²) in [4.78, 5) is 0. The van der Waals surface area contributed by atoms with Gasteiger partial charge in [-0.3, -0.25) is 0 Å². The summed E-state index contributed by atoms with van der Waals surface area (Å²) in [5.41, 5.74) is 0. The molecule has 2 aromatic carbocycles. The van der Waals surface area contributed by atoms with E-state index >= 15 is 0 Å². The van der Waals surface area contributed by atoms with Crippen LogP contribution in [-0.4, -0.2) is 70.6 Å². The summed E-state index contributed by atoms with van der Waals surface area (Å²) in [6.07, 6.45) is 11.8. The number of benzene rings is 2. The third-order valence-corrected chi connectivity index (χ3v) is 11.6. The molecular formula is C31H36O6Si. The maximum Gasteiger partial charge on any atom is 0.261 e. The molecule has 38 heavy (non-hydrogen) atoms. The van der Waals surface area contributed by atoms with Crippen LogP contribution in [0.3, 0.4) is 0 Å². The quantitative estimate of drug-likeness (QED) is 0.354. The first-order valence-electron chi connectivity index (χ1n) is 12.5. The Morgan fingerprint density at radius 2 is 1.21 bits per heavy atom. The minimum absolute atomic E-state index is 0.00237. The topological polar surface area (TPSA) is 66.4 Å². The van der Waals surface area contributed by atoms with Gasteiger partial charge in [0.2, 0.25) is 0 Å². The van der Waals surface area contributed by atoms with Gasteiger partial charge in [0.1, 0.15) is 44.2 Å². The highest BCUT2D eigenvalue weighted by molar-refractivity contribution is 6.99. The van der Waals surface area contributed by atoms with Gasteiger partial charge in [0.05, 0.1) is 6.61 Å². The van der Waals surface area contributed by atoms with Crippen molar-refractivity contribution in [1.82, 2.24) is 0 Å². The smallest absolute Gasteiger partial charge is 0.261 e. The van der Waals surface area contributed by atoms with Crippen LogP contribution in [0, 0.1) is 37.0 Å². The maximum absolute atomic E-state index is 10.9. The molecular weight excluding hydrogens is 496 g/mol. The molecule has 5 atom stereocenters. The summed E-state index contributed by atoms with van der Waals surface area (Å²) in [5.74, 6) is 7.35. The van der Waals surface area contributed by atoms with Crippen molar-refractivity contribution in [2.24, 2.45) is 0 Å². The maximum atomic E-state index is 10.9. The van der Waals surface area contributed by atoms with Crippen molar-refractivity contribution in [3.63, 3.8) is 0 Å². The average molecular weight is 533 g/mol. The Morgan fingerprint density at radius 1 is 0.763 bits per heavy atom. The monoisotopic (exact) mass is 532 g/mol. The largest absolute Gasteiger partial charge is 0.405 e. The van der Waals surface area contributed by atoms with Gasteiger partial charge in [-0.25, -0.2) is 0 Å². The van der Waals surface area contributed by atoms with Crippen molar-refractivity contribution < 1.29 is 28.5 Å². The van der Waals surface area contributed by atoms with Crippen molar-refractivity contribution in [3.05, 3.63) is 60.7 Å². The second-order valence-electron chi connectivity index (χ2n) is 9.98. The predicted octanol–water partition coefficient (Wildman–Crippen LogP) is 2.34. The lowest BCUT2D eigenvalue weighted by atomic mass is 9.98. The van der Waals surface area contributed by atoms with Crippen LogP contribution in [0.5, 0.6) is 0 Å². The van der Waals surface area contributed by atoms with E-state index in [0.717, 1.165) is 10.4 Å². The van der Waals surface area contributed by atoms with Crippen molar-refractivity contribution in [3.8, 4) is 37.0 Å². The fourth-order valence-corrected chi connectivity index (χ4v) is 9.57. The molecule has 1 heterocycles. The summed E-state index contributed by atoms with van der Waals surface area (Å²) < 4.78 is 30.7. The first kappa shape index (κ1) is 29.6. The van der Waals surface area contributed by atoms with E-state index in [9.17, 15) is 5.11 Å². The molecule has 1 aliphatic heterocycles. The zero-order valence-corrected chi connectivity index (χ0v) is 23.2. The van der Waals surface area contributed by atoms with E-state index in [2.05, 4.69) is 62.8 Å². The highest BCUT2D eigenvalue weighted by Gasteiger charge is 2.53. The number of hydrogen-bond donors (Lipinski definition) is 1. The van der Waals surface area contributed by atoms with Crippen molar-refractivity contribution in [2.45, 2.75) is 56.5 Å². The van der Waals surface area contributed by atoms with Crippen LogP contribution >= 0.6 is 0 Å². The predicted molar refractivity (Wildman–Crippen MR) is 150 cm³/mol. The number of hydrogen-bond acceptors (Lipinski definition) is 6. The number of aliphatic hydroxyl groups is 1. The molecule has 1 aliphatic rings. The van der Waals surface area contributed by atoms with E-state index in [1.54, 1.807) is 0 Å². The Bertz CT molecular complexity index is 1090. The van der Waals surface area contributed by atoms with E-state index in [-0.39, 0.29) is 31.5 Å². The van der Waals surface area contributed by atoms with Gasteiger partial charge in [-0.05, 0) is 15.4 Å². The van der Waals surface area contributed by atoms with Crippen molar-refractivity contribution in [1.29, 1.82) is 0 Å². The highest BCUT2D eigenvalue weighted by atomic mass is 28.4. The summed E-state index contributed by atoms with van der Waals surface area (Å²) in [6.45, 7) is 6.59. The molecule has 0 bridgehead atoms. The highest BCUT2D eigenvalue weighted by Crippen LogP contribution is 2.37. The van der Waals surface area contributed by atoms with Crippen LogP contribution in [0.4, 0.5) is 0 Å². The third-order valence-electron chi connectivity index (χ3n) is 6.57. The van der Waals surface area contributed by atoms with Crippen LogP contribution in [0.2, 0.25) is 5.04 Å². The second kappa shape index (κ2) is 13.8. The Labute approximate surface area is 227 Å². The zero-order chi connectivity index (χ0) is 27.6. The molecule has 7 heteroatoms. The molecule has 0 saturated carbocycles. The lowest BCUT2D eigenvalue weighted by Gasteiger charge is -2.47. The standard InChI is InChI=1S/C31H36O6Si/c1-7-20-33-27-26(37-30(32)29(35-22-9-3)28(27)34-21-8-2)23-36-38(31(4,5)6,24-16-12-10-13-17-24)25-18-14-11-15-19-25/h1-3,10-19,26-30,32H,20-23H2,4-6H3/t26-,27-,28+,29-,30-/m1/s1. The normalized spacial score (nSPS) is 23.7.